The average Bonchev–Trinajstić information content (AvgIpc) is 3.51. The van der Waals surface area contributed by atoms with E-state index in [1.807, 2.05) is 0 Å². The van der Waals surface area contributed by atoms with Gasteiger partial charge in [-0.15, -0.1) is 0 Å². The van der Waals surface area contributed by atoms with Gasteiger partial charge in [0.1, 0.15) is 0 Å². The van der Waals surface area contributed by atoms with Gasteiger partial charge in [0.15, 0.2) is 0 Å². The van der Waals surface area contributed by atoms with Crippen LogP contribution < -0.4 is 0 Å². The lowest BCUT2D eigenvalue weighted by Crippen LogP contribution is -2.17. The zero-order chi connectivity index (χ0) is 33.5. The molecule has 0 bridgehead atoms. The Bertz CT molecular complexity index is 2910. The molecule has 0 heteroatoms. The third-order valence-corrected chi connectivity index (χ3v) is 12.4. The third-order valence-electron chi connectivity index (χ3n) is 12.4. The molecule has 0 atom stereocenters. The van der Waals surface area contributed by atoms with Gasteiger partial charge in [-0.05, 0) is 134 Å². The van der Waals surface area contributed by atoms with Crippen LogP contribution >= 0.6 is 0 Å². The van der Waals surface area contributed by atoms with Crippen molar-refractivity contribution in [1.29, 1.82) is 0 Å². The molecule has 0 unspecified atom stereocenters. The highest BCUT2D eigenvalue weighted by molar-refractivity contribution is 6.27. The van der Waals surface area contributed by atoms with Crippen molar-refractivity contribution in [1.82, 2.24) is 0 Å². The number of benzene rings is 9. The van der Waals surface area contributed by atoms with E-state index >= 15 is 0 Å². The molecule has 0 N–H and O–H groups in total. The monoisotopic (exact) mass is 636 g/mol. The first-order valence-electron chi connectivity index (χ1n) is 17.9. The molecule has 0 nitrogen and oxygen atoms in total. The van der Waals surface area contributed by atoms with Gasteiger partial charge >= 0.3 is 0 Å². The lowest BCUT2D eigenvalue weighted by molar-refractivity contribution is 0.652. The molecule has 0 spiro atoms. The van der Waals surface area contributed by atoms with Gasteiger partial charge in [0.2, 0.25) is 0 Å². The van der Waals surface area contributed by atoms with Gasteiger partial charge in [-0.3, -0.25) is 0 Å². The molecular formula is C50H36. The molecule has 11 rings (SSSR count). The molecule has 0 fully saturated rings. The van der Waals surface area contributed by atoms with E-state index in [-0.39, 0.29) is 10.8 Å². The molecule has 0 saturated heterocycles. The molecule has 0 amide bonds. The molecule has 50 heavy (non-hydrogen) atoms. The fourth-order valence-electron chi connectivity index (χ4n) is 9.76. The molecule has 0 aromatic heterocycles. The molecule has 2 aliphatic carbocycles. The van der Waals surface area contributed by atoms with E-state index in [4.69, 9.17) is 0 Å². The van der Waals surface area contributed by atoms with Crippen LogP contribution in [0.1, 0.15) is 49.9 Å². The summed E-state index contributed by atoms with van der Waals surface area (Å²) >= 11 is 0. The Hall–Kier alpha value is -5.72. The fraction of sp³-hybridized carbons (Fsp3) is 0.120. The van der Waals surface area contributed by atoms with E-state index in [0.717, 1.165) is 0 Å². The Labute approximate surface area is 293 Å². The normalized spacial score (nSPS) is 15.1. The minimum absolute atomic E-state index is 0.0102. The second kappa shape index (κ2) is 9.49. The zero-order valence-electron chi connectivity index (χ0n) is 28.9. The van der Waals surface area contributed by atoms with Gasteiger partial charge < -0.3 is 0 Å². The summed E-state index contributed by atoms with van der Waals surface area (Å²) in [5.41, 5.74) is 16.3. The van der Waals surface area contributed by atoms with Crippen LogP contribution in [-0.2, 0) is 10.8 Å². The number of hydrogen-bond acceptors (Lipinski definition) is 0. The van der Waals surface area contributed by atoms with E-state index in [2.05, 4.69) is 173 Å². The van der Waals surface area contributed by atoms with Crippen LogP contribution in [0.3, 0.4) is 0 Å². The first kappa shape index (κ1) is 28.2. The lowest BCUT2D eigenvalue weighted by atomic mass is 9.79. The van der Waals surface area contributed by atoms with Crippen molar-refractivity contribution in [3.8, 4) is 44.5 Å². The molecule has 9 aromatic rings. The topological polar surface area (TPSA) is 0 Å². The molecule has 2 aliphatic rings. The molecule has 0 aliphatic heterocycles. The first-order chi connectivity index (χ1) is 24.3. The van der Waals surface area contributed by atoms with Crippen molar-refractivity contribution in [3.63, 3.8) is 0 Å². The third kappa shape index (κ3) is 3.56. The van der Waals surface area contributed by atoms with Gasteiger partial charge in [0, 0.05) is 10.8 Å². The Morgan fingerprint density at radius 1 is 0.300 bits per heavy atom. The Kier molecular flexibility index (Phi) is 5.34. The lowest BCUT2D eigenvalue weighted by Gasteiger charge is -2.24. The number of fused-ring (bicyclic) bond motifs is 7. The highest BCUT2D eigenvalue weighted by atomic mass is 14.4. The smallest absolute Gasteiger partial charge is 0.0159 e. The summed E-state index contributed by atoms with van der Waals surface area (Å²) in [6.07, 6.45) is 0. The van der Waals surface area contributed by atoms with E-state index in [1.165, 1.54) is 110 Å². The van der Waals surface area contributed by atoms with Crippen molar-refractivity contribution >= 4 is 43.1 Å². The minimum Gasteiger partial charge on any atom is -0.0619 e. The summed E-state index contributed by atoms with van der Waals surface area (Å²) in [5, 5.41) is 10.5. The predicted molar refractivity (Wildman–Crippen MR) is 214 cm³/mol. The van der Waals surface area contributed by atoms with Crippen LogP contribution in [0, 0.1) is 0 Å². The number of hydrogen-bond donors (Lipinski definition) is 0. The standard InChI is InChI=1S/C50H36/c1-49(2)43-12-8-7-11-37(43)41-27-46-42(28-45(41)49)38-22-19-34(26-44(38)50(46,3)4)36-21-16-31-17-23-39-35(20-15-30-18-24-40(36)48(31)47(30)39)33-14-13-29-9-5-6-10-32(29)25-33/h5-28H,1-4H3. The molecule has 0 saturated carbocycles. The van der Waals surface area contributed by atoms with Crippen LogP contribution in [0.15, 0.2) is 146 Å². The molecule has 9 aromatic carbocycles. The van der Waals surface area contributed by atoms with Gasteiger partial charge in [-0.1, -0.05) is 149 Å². The minimum atomic E-state index is -0.101. The maximum Gasteiger partial charge on any atom is 0.0159 e. The Morgan fingerprint density at radius 3 is 1.44 bits per heavy atom. The fourth-order valence-corrected chi connectivity index (χ4v) is 9.76. The van der Waals surface area contributed by atoms with Gasteiger partial charge in [0.25, 0.3) is 0 Å². The summed E-state index contributed by atoms with van der Waals surface area (Å²) in [4.78, 5) is 0. The van der Waals surface area contributed by atoms with E-state index in [9.17, 15) is 0 Å². The van der Waals surface area contributed by atoms with Gasteiger partial charge in [-0.2, -0.15) is 0 Å². The van der Waals surface area contributed by atoms with Crippen molar-refractivity contribution in [2.75, 3.05) is 0 Å². The molecular weight excluding hydrogens is 601 g/mol. The SMILES string of the molecule is CC1(C)c2ccccc2-c2cc3c(cc21)-c1ccc(-c2ccc4ccc5c(-c6ccc7ccccc7c6)ccc6ccc2c4c65)cc1C3(C)C. The predicted octanol–water partition coefficient (Wildman–Crippen LogP) is 13.7. The van der Waals surface area contributed by atoms with E-state index in [1.54, 1.807) is 0 Å². The zero-order valence-corrected chi connectivity index (χ0v) is 28.9. The van der Waals surface area contributed by atoms with Crippen molar-refractivity contribution < 1.29 is 0 Å². The first-order valence-corrected chi connectivity index (χ1v) is 17.9. The molecule has 0 heterocycles. The highest BCUT2D eigenvalue weighted by Gasteiger charge is 2.41. The van der Waals surface area contributed by atoms with Gasteiger partial charge in [-0.25, -0.2) is 0 Å². The number of rotatable bonds is 2. The van der Waals surface area contributed by atoms with Crippen molar-refractivity contribution in [2.24, 2.45) is 0 Å². The quantitative estimate of drug-likeness (QED) is 0.166. The van der Waals surface area contributed by atoms with Gasteiger partial charge in [0.05, 0.1) is 0 Å². The summed E-state index contributed by atoms with van der Waals surface area (Å²) in [7, 11) is 0. The summed E-state index contributed by atoms with van der Waals surface area (Å²) < 4.78 is 0. The molecule has 0 radical (unpaired) electrons. The molecule has 236 valence electrons. The van der Waals surface area contributed by atoms with E-state index < -0.39 is 0 Å². The van der Waals surface area contributed by atoms with Crippen LogP contribution in [-0.4, -0.2) is 0 Å². The highest BCUT2D eigenvalue weighted by Crippen LogP contribution is 2.56. The van der Waals surface area contributed by atoms with Crippen LogP contribution in [0.4, 0.5) is 0 Å². The Balaban J connectivity index is 1.08. The average molecular weight is 637 g/mol. The van der Waals surface area contributed by atoms with Crippen LogP contribution in [0.25, 0.3) is 87.6 Å². The summed E-state index contributed by atoms with van der Waals surface area (Å²) in [5.74, 6) is 0. The van der Waals surface area contributed by atoms with Crippen molar-refractivity contribution in [3.05, 3.63) is 168 Å². The van der Waals surface area contributed by atoms with Crippen LogP contribution in [0.5, 0.6) is 0 Å². The summed E-state index contributed by atoms with van der Waals surface area (Å²) in [6.45, 7) is 9.59. The second-order valence-electron chi connectivity index (χ2n) is 15.7. The largest absolute Gasteiger partial charge is 0.0619 e. The maximum absolute atomic E-state index is 2.52. The maximum atomic E-state index is 2.52. The summed E-state index contributed by atoms with van der Waals surface area (Å²) in [6, 6.07) is 55.4. The van der Waals surface area contributed by atoms with E-state index in [0.29, 0.717) is 0 Å². The van der Waals surface area contributed by atoms with Crippen LogP contribution in [0.2, 0.25) is 0 Å². The Morgan fingerprint density at radius 2 is 0.760 bits per heavy atom. The second-order valence-corrected chi connectivity index (χ2v) is 15.7. The van der Waals surface area contributed by atoms with Crippen molar-refractivity contribution in [2.45, 2.75) is 38.5 Å².